The van der Waals surface area contributed by atoms with Crippen molar-refractivity contribution in [3.8, 4) is 17.2 Å². The number of ether oxygens (including phenoxy) is 2. The zero-order valence-corrected chi connectivity index (χ0v) is 12.9. The van der Waals surface area contributed by atoms with Crippen LogP contribution < -0.4 is 15.2 Å². The van der Waals surface area contributed by atoms with Crippen molar-refractivity contribution < 1.29 is 13.9 Å². The van der Waals surface area contributed by atoms with Gasteiger partial charge in [-0.2, -0.15) is 0 Å². The maximum atomic E-state index is 14.2. The first-order chi connectivity index (χ1) is 10.0. The molecule has 0 unspecified atom stereocenters. The summed E-state index contributed by atoms with van der Waals surface area (Å²) in [6.45, 7) is 2.42. The Labute approximate surface area is 130 Å². The number of nitrogens with two attached hydrogens (primary N) is 1. The van der Waals surface area contributed by atoms with Gasteiger partial charge in [-0.15, -0.1) is 0 Å². The summed E-state index contributed by atoms with van der Waals surface area (Å²) in [5, 5.41) is 7.36. The van der Waals surface area contributed by atoms with Crippen LogP contribution in [0.4, 0.5) is 4.39 Å². The van der Waals surface area contributed by atoms with Crippen molar-refractivity contribution in [1.29, 1.82) is 5.41 Å². The molecule has 2 aromatic carbocycles. The van der Waals surface area contributed by atoms with Crippen LogP contribution in [-0.2, 0) is 0 Å². The molecule has 0 bridgehead atoms. The molecule has 0 aliphatic heterocycles. The van der Waals surface area contributed by atoms with E-state index in [1.807, 2.05) is 6.92 Å². The Morgan fingerprint density at radius 1 is 1.29 bits per heavy atom. The molecule has 0 aromatic heterocycles. The Bertz CT molecular complexity index is 677. The Morgan fingerprint density at radius 2 is 2.00 bits per heavy atom. The largest absolute Gasteiger partial charge is 0.494 e. The van der Waals surface area contributed by atoms with Crippen LogP contribution in [0.5, 0.6) is 17.2 Å². The van der Waals surface area contributed by atoms with Gasteiger partial charge in [0.05, 0.1) is 11.1 Å². The summed E-state index contributed by atoms with van der Waals surface area (Å²) in [7, 11) is 0. The highest BCUT2D eigenvalue weighted by atomic mass is 79.9. The van der Waals surface area contributed by atoms with E-state index in [0.717, 1.165) is 0 Å². The predicted molar refractivity (Wildman–Crippen MR) is 82.8 cm³/mol. The third-order valence-corrected chi connectivity index (χ3v) is 3.46. The van der Waals surface area contributed by atoms with Crippen LogP contribution in [0.1, 0.15) is 12.5 Å². The molecule has 2 rings (SSSR count). The van der Waals surface area contributed by atoms with Crippen molar-refractivity contribution >= 4 is 21.8 Å². The van der Waals surface area contributed by atoms with Gasteiger partial charge >= 0.3 is 0 Å². The summed E-state index contributed by atoms with van der Waals surface area (Å²) in [6, 6.07) is 9.89. The highest BCUT2D eigenvalue weighted by Crippen LogP contribution is 2.32. The van der Waals surface area contributed by atoms with Gasteiger partial charge in [0.25, 0.3) is 0 Å². The lowest BCUT2D eigenvalue weighted by Gasteiger charge is -2.11. The first-order valence-electron chi connectivity index (χ1n) is 6.26. The maximum Gasteiger partial charge on any atom is 0.180 e. The zero-order valence-electron chi connectivity index (χ0n) is 11.3. The van der Waals surface area contributed by atoms with Gasteiger partial charge in [0, 0.05) is 11.6 Å². The van der Waals surface area contributed by atoms with Crippen LogP contribution in [0.25, 0.3) is 0 Å². The fourth-order valence-corrected chi connectivity index (χ4v) is 2.28. The topological polar surface area (TPSA) is 68.3 Å². The Morgan fingerprint density at radius 3 is 2.67 bits per heavy atom. The van der Waals surface area contributed by atoms with Gasteiger partial charge < -0.3 is 15.2 Å². The summed E-state index contributed by atoms with van der Waals surface area (Å²) in [5.74, 6) is 0.327. The number of nitrogens with one attached hydrogen (secondary N) is 1. The molecule has 0 heterocycles. The Kier molecular flexibility index (Phi) is 4.80. The van der Waals surface area contributed by atoms with Crippen molar-refractivity contribution in [3.05, 3.63) is 52.3 Å². The van der Waals surface area contributed by atoms with Gasteiger partial charge in [-0.1, -0.05) is 6.07 Å². The van der Waals surface area contributed by atoms with E-state index in [1.165, 1.54) is 12.1 Å². The van der Waals surface area contributed by atoms with Crippen molar-refractivity contribution in [2.45, 2.75) is 6.92 Å². The first-order valence-corrected chi connectivity index (χ1v) is 7.05. The van der Waals surface area contributed by atoms with E-state index in [0.29, 0.717) is 18.1 Å². The van der Waals surface area contributed by atoms with Gasteiger partial charge in [-0.3, -0.25) is 5.41 Å². The standard InChI is InChI=1S/C15H14BrFN2O2/c1-2-20-9-4-3-5-10(8-9)21-12-7-6-11(15(18)19)13(16)14(12)17/h3-8H,2H2,1H3,(H3,18,19). The zero-order chi connectivity index (χ0) is 15.4. The molecule has 6 heteroatoms. The highest BCUT2D eigenvalue weighted by Gasteiger charge is 2.14. The van der Waals surface area contributed by atoms with Gasteiger partial charge in [0.2, 0.25) is 0 Å². The molecule has 0 saturated carbocycles. The molecule has 0 amide bonds. The van der Waals surface area contributed by atoms with Crippen LogP contribution in [0.3, 0.4) is 0 Å². The van der Waals surface area contributed by atoms with Crippen LogP contribution in [-0.4, -0.2) is 12.4 Å². The number of nitrogen functional groups attached to an aromatic ring is 1. The first kappa shape index (κ1) is 15.3. The molecule has 0 atom stereocenters. The summed E-state index contributed by atoms with van der Waals surface area (Å²) in [6.07, 6.45) is 0. The van der Waals surface area contributed by atoms with E-state index < -0.39 is 5.82 Å². The molecular formula is C15H14BrFN2O2. The average Bonchev–Trinajstić information content (AvgIpc) is 2.44. The maximum absolute atomic E-state index is 14.2. The highest BCUT2D eigenvalue weighted by molar-refractivity contribution is 9.10. The van der Waals surface area contributed by atoms with Crippen LogP contribution >= 0.6 is 15.9 Å². The van der Waals surface area contributed by atoms with E-state index in [9.17, 15) is 4.39 Å². The van der Waals surface area contributed by atoms with E-state index >= 15 is 0 Å². The molecule has 0 aliphatic carbocycles. The Balaban J connectivity index is 2.30. The van der Waals surface area contributed by atoms with Gasteiger partial charge in [-0.05, 0) is 47.1 Å². The molecule has 21 heavy (non-hydrogen) atoms. The fraction of sp³-hybridized carbons (Fsp3) is 0.133. The smallest absolute Gasteiger partial charge is 0.180 e. The van der Waals surface area contributed by atoms with Crippen LogP contribution in [0.15, 0.2) is 40.9 Å². The monoisotopic (exact) mass is 352 g/mol. The quantitative estimate of drug-likeness (QED) is 0.629. The van der Waals surface area contributed by atoms with Crippen molar-refractivity contribution in [2.75, 3.05) is 6.61 Å². The van der Waals surface area contributed by atoms with Crippen molar-refractivity contribution in [3.63, 3.8) is 0 Å². The number of amidine groups is 1. The predicted octanol–water partition coefficient (Wildman–Crippen LogP) is 4.06. The van der Waals surface area contributed by atoms with Gasteiger partial charge in [-0.25, -0.2) is 4.39 Å². The molecule has 0 aliphatic rings. The third kappa shape index (κ3) is 3.52. The lowest BCUT2D eigenvalue weighted by molar-refractivity contribution is 0.337. The molecule has 0 fully saturated rings. The fourth-order valence-electron chi connectivity index (χ4n) is 1.74. The summed E-state index contributed by atoms with van der Waals surface area (Å²) in [5.41, 5.74) is 5.65. The summed E-state index contributed by atoms with van der Waals surface area (Å²) in [4.78, 5) is 0. The van der Waals surface area contributed by atoms with E-state index in [-0.39, 0.29) is 21.6 Å². The summed E-state index contributed by atoms with van der Waals surface area (Å²) >= 11 is 3.08. The minimum Gasteiger partial charge on any atom is -0.494 e. The van der Waals surface area contributed by atoms with E-state index in [4.69, 9.17) is 20.6 Å². The molecule has 3 N–H and O–H groups in total. The molecular weight excluding hydrogens is 339 g/mol. The molecule has 110 valence electrons. The number of hydrogen-bond donors (Lipinski definition) is 2. The molecule has 4 nitrogen and oxygen atoms in total. The second-order valence-electron chi connectivity index (χ2n) is 4.16. The molecule has 0 radical (unpaired) electrons. The minimum absolute atomic E-state index is 0.0422. The number of rotatable bonds is 5. The molecule has 0 saturated heterocycles. The van der Waals surface area contributed by atoms with Crippen molar-refractivity contribution in [1.82, 2.24) is 0 Å². The molecule has 2 aromatic rings. The minimum atomic E-state index is -0.607. The van der Waals surface area contributed by atoms with Gasteiger partial charge in [0.15, 0.2) is 11.6 Å². The average molecular weight is 353 g/mol. The van der Waals surface area contributed by atoms with Crippen molar-refractivity contribution in [2.24, 2.45) is 5.73 Å². The van der Waals surface area contributed by atoms with Crippen LogP contribution in [0, 0.1) is 11.2 Å². The van der Waals surface area contributed by atoms with E-state index in [1.54, 1.807) is 24.3 Å². The van der Waals surface area contributed by atoms with Crippen LogP contribution in [0.2, 0.25) is 0 Å². The van der Waals surface area contributed by atoms with E-state index in [2.05, 4.69) is 15.9 Å². The second kappa shape index (κ2) is 6.58. The number of halogens is 2. The lowest BCUT2D eigenvalue weighted by Crippen LogP contribution is -2.12. The SMILES string of the molecule is CCOc1cccc(Oc2ccc(C(=N)N)c(Br)c2F)c1. The van der Waals surface area contributed by atoms with Gasteiger partial charge in [0.1, 0.15) is 17.3 Å². The molecule has 0 spiro atoms. The number of hydrogen-bond acceptors (Lipinski definition) is 3. The Hall–Kier alpha value is -2.08. The lowest BCUT2D eigenvalue weighted by atomic mass is 10.2. The summed E-state index contributed by atoms with van der Waals surface area (Å²) < 4.78 is 25.2. The number of benzene rings is 2. The normalized spacial score (nSPS) is 10.2. The third-order valence-electron chi connectivity index (χ3n) is 2.68. The second-order valence-corrected chi connectivity index (χ2v) is 4.96.